The SMILES string of the molecule is CN1C(=O)C2(C)CC(C)(C)C(=O)C(c3ccc(C#N)cc3)=C2c2ccccc21. The lowest BCUT2D eigenvalue weighted by molar-refractivity contribution is -0.129. The van der Waals surface area contributed by atoms with Crippen molar-refractivity contribution in [2.24, 2.45) is 10.8 Å². The molecule has 4 nitrogen and oxygen atoms in total. The molecule has 4 heteroatoms. The minimum absolute atomic E-state index is 0.00733. The van der Waals surface area contributed by atoms with E-state index in [0.717, 1.165) is 22.4 Å². The van der Waals surface area contributed by atoms with E-state index >= 15 is 0 Å². The number of benzene rings is 2. The minimum Gasteiger partial charge on any atom is -0.314 e. The molecule has 0 radical (unpaired) electrons. The summed E-state index contributed by atoms with van der Waals surface area (Å²) in [6, 6.07) is 16.9. The van der Waals surface area contributed by atoms with Crippen molar-refractivity contribution in [1.82, 2.24) is 0 Å². The quantitative estimate of drug-likeness (QED) is 0.745. The van der Waals surface area contributed by atoms with Gasteiger partial charge in [-0.3, -0.25) is 9.59 Å². The highest BCUT2D eigenvalue weighted by molar-refractivity contribution is 6.35. The van der Waals surface area contributed by atoms with Crippen LogP contribution in [0.15, 0.2) is 48.5 Å². The summed E-state index contributed by atoms with van der Waals surface area (Å²) in [4.78, 5) is 28.7. The fourth-order valence-corrected chi connectivity index (χ4v) is 4.84. The van der Waals surface area contributed by atoms with Crippen LogP contribution in [-0.2, 0) is 9.59 Å². The number of hydrogen-bond donors (Lipinski definition) is 0. The van der Waals surface area contributed by atoms with E-state index in [1.54, 1.807) is 24.1 Å². The second-order valence-electron chi connectivity index (χ2n) is 8.54. The Morgan fingerprint density at radius 1 is 1.00 bits per heavy atom. The standard InChI is InChI=1S/C24H22N2O2/c1-23(2)14-24(3)20(17-7-5-6-8-18(17)26(4)22(24)28)19(21(23)27)16-11-9-15(13-25)10-12-16/h5-12H,14H2,1-4H3. The van der Waals surface area contributed by atoms with Crippen LogP contribution < -0.4 is 4.90 Å². The van der Waals surface area contributed by atoms with Gasteiger partial charge in [0.1, 0.15) is 0 Å². The number of allylic oxidation sites excluding steroid dienone is 1. The summed E-state index contributed by atoms with van der Waals surface area (Å²) < 4.78 is 0. The van der Waals surface area contributed by atoms with Crippen LogP contribution >= 0.6 is 0 Å². The lowest BCUT2D eigenvalue weighted by atomic mass is 9.57. The Kier molecular flexibility index (Phi) is 3.83. The van der Waals surface area contributed by atoms with Crippen molar-refractivity contribution < 1.29 is 9.59 Å². The number of ketones is 1. The second kappa shape index (κ2) is 5.90. The molecule has 1 heterocycles. The number of Topliss-reactive ketones (excluding diaryl/α,β-unsaturated/α-hetero) is 1. The maximum atomic E-state index is 13.5. The summed E-state index contributed by atoms with van der Waals surface area (Å²) in [7, 11) is 1.80. The third-order valence-electron chi connectivity index (χ3n) is 6.05. The molecule has 1 aliphatic heterocycles. The Hall–Kier alpha value is -3.19. The van der Waals surface area contributed by atoms with E-state index in [1.807, 2.05) is 57.2 Å². The molecular weight excluding hydrogens is 348 g/mol. The second-order valence-corrected chi connectivity index (χ2v) is 8.54. The molecule has 140 valence electrons. The van der Waals surface area contributed by atoms with E-state index < -0.39 is 10.8 Å². The first-order valence-electron chi connectivity index (χ1n) is 9.38. The molecule has 2 aromatic carbocycles. The monoisotopic (exact) mass is 370 g/mol. The molecule has 1 atom stereocenters. The summed E-state index contributed by atoms with van der Waals surface area (Å²) in [5, 5.41) is 9.12. The van der Waals surface area contributed by atoms with Crippen molar-refractivity contribution in [3.8, 4) is 6.07 Å². The van der Waals surface area contributed by atoms with Gasteiger partial charge < -0.3 is 4.90 Å². The number of anilines is 1. The van der Waals surface area contributed by atoms with Crippen LogP contribution in [0.2, 0.25) is 0 Å². The first-order chi connectivity index (χ1) is 13.2. The molecule has 0 aromatic heterocycles. The highest BCUT2D eigenvalue weighted by atomic mass is 16.2. The molecule has 1 amide bonds. The minimum atomic E-state index is -0.788. The highest BCUT2D eigenvalue weighted by Gasteiger charge is 2.55. The van der Waals surface area contributed by atoms with Crippen LogP contribution in [0.1, 0.15) is 43.9 Å². The van der Waals surface area contributed by atoms with Crippen molar-refractivity contribution in [3.05, 3.63) is 65.2 Å². The van der Waals surface area contributed by atoms with Crippen LogP contribution in [0, 0.1) is 22.2 Å². The molecule has 2 aliphatic rings. The number of para-hydroxylation sites is 1. The van der Waals surface area contributed by atoms with Crippen molar-refractivity contribution in [2.45, 2.75) is 27.2 Å². The number of fused-ring (bicyclic) bond motifs is 3. The summed E-state index contributed by atoms with van der Waals surface area (Å²) in [5.41, 5.74) is 2.99. The van der Waals surface area contributed by atoms with Crippen LogP contribution in [0.5, 0.6) is 0 Å². The fourth-order valence-electron chi connectivity index (χ4n) is 4.84. The molecule has 0 saturated carbocycles. The number of amides is 1. The highest BCUT2D eigenvalue weighted by Crippen LogP contribution is 2.58. The van der Waals surface area contributed by atoms with Crippen molar-refractivity contribution >= 4 is 28.5 Å². The molecule has 4 rings (SSSR count). The van der Waals surface area contributed by atoms with Gasteiger partial charge in [-0.2, -0.15) is 5.26 Å². The van der Waals surface area contributed by atoms with Crippen LogP contribution in [0.3, 0.4) is 0 Å². The summed E-state index contributed by atoms with van der Waals surface area (Å²) in [6.45, 7) is 5.78. The van der Waals surface area contributed by atoms with Gasteiger partial charge in [-0.05, 0) is 42.7 Å². The van der Waals surface area contributed by atoms with Crippen molar-refractivity contribution in [1.29, 1.82) is 5.26 Å². The van der Waals surface area contributed by atoms with Gasteiger partial charge >= 0.3 is 0 Å². The third-order valence-corrected chi connectivity index (χ3v) is 6.05. The van der Waals surface area contributed by atoms with Crippen LogP contribution in [0.25, 0.3) is 11.1 Å². The summed E-state index contributed by atoms with van der Waals surface area (Å²) in [5.74, 6) is 0.0461. The molecule has 2 aromatic rings. The number of nitriles is 1. The molecular formula is C24H22N2O2. The molecule has 1 aliphatic carbocycles. The number of carbonyl (C=O) groups is 2. The zero-order chi connectivity index (χ0) is 20.3. The van der Waals surface area contributed by atoms with Crippen LogP contribution in [-0.4, -0.2) is 18.7 Å². The van der Waals surface area contributed by atoms with E-state index in [2.05, 4.69) is 6.07 Å². The molecule has 28 heavy (non-hydrogen) atoms. The first kappa shape index (κ1) is 18.2. The average molecular weight is 370 g/mol. The topological polar surface area (TPSA) is 61.2 Å². The van der Waals surface area contributed by atoms with Gasteiger partial charge in [0.2, 0.25) is 5.91 Å². The van der Waals surface area contributed by atoms with E-state index in [9.17, 15) is 9.59 Å². The predicted molar refractivity (Wildman–Crippen MR) is 109 cm³/mol. The van der Waals surface area contributed by atoms with E-state index in [-0.39, 0.29) is 11.7 Å². The molecule has 0 saturated heterocycles. The van der Waals surface area contributed by atoms with E-state index in [1.165, 1.54) is 0 Å². The Balaban J connectivity index is 2.12. The van der Waals surface area contributed by atoms with Crippen molar-refractivity contribution in [3.63, 3.8) is 0 Å². The fraction of sp³-hybridized carbons (Fsp3) is 0.292. The first-order valence-corrected chi connectivity index (χ1v) is 9.38. The normalized spacial score (nSPS) is 23.2. The summed E-state index contributed by atoms with van der Waals surface area (Å²) in [6.07, 6.45) is 0.464. The van der Waals surface area contributed by atoms with Gasteiger partial charge in [0.25, 0.3) is 0 Å². The Morgan fingerprint density at radius 3 is 2.29 bits per heavy atom. The van der Waals surface area contributed by atoms with Gasteiger partial charge in [0, 0.05) is 23.6 Å². The van der Waals surface area contributed by atoms with E-state index in [4.69, 9.17) is 5.26 Å². The zero-order valence-corrected chi connectivity index (χ0v) is 16.5. The van der Waals surface area contributed by atoms with Gasteiger partial charge in [0.15, 0.2) is 5.78 Å². The summed E-state index contributed by atoms with van der Waals surface area (Å²) >= 11 is 0. The Labute approximate surface area is 165 Å². The Bertz CT molecular complexity index is 1090. The van der Waals surface area contributed by atoms with Gasteiger partial charge in [-0.15, -0.1) is 0 Å². The smallest absolute Gasteiger partial charge is 0.237 e. The lowest BCUT2D eigenvalue weighted by Crippen LogP contribution is -2.51. The molecule has 1 unspecified atom stereocenters. The molecule has 0 fully saturated rings. The Morgan fingerprint density at radius 2 is 1.64 bits per heavy atom. The third kappa shape index (κ3) is 2.36. The number of rotatable bonds is 1. The largest absolute Gasteiger partial charge is 0.314 e. The van der Waals surface area contributed by atoms with Crippen molar-refractivity contribution in [2.75, 3.05) is 11.9 Å². The van der Waals surface area contributed by atoms with Gasteiger partial charge in [-0.25, -0.2) is 0 Å². The lowest BCUT2D eigenvalue weighted by Gasteiger charge is -2.48. The maximum Gasteiger partial charge on any atom is 0.237 e. The van der Waals surface area contributed by atoms with Gasteiger partial charge in [-0.1, -0.05) is 44.2 Å². The number of carbonyl (C=O) groups excluding carboxylic acids is 2. The maximum absolute atomic E-state index is 13.5. The molecule has 0 N–H and O–H groups in total. The zero-order valence-electron chi connectivity index (χ0n) is 16.5. The number of hydrogen-bond acceptors (Lipinski definition) is 3. The molecule has 0 spiro atoms. The van der Waals surface area contributed by atoms with E-state index in [0.29, 0.717) is 17.6 Å². The number of nitrogens with zero attached hydrogens (tertiary/aromatic N) is 2. The van der Waals surface area contributed by atoms with Gasteiger partial charge in [0.05, 0.1) is 22.7 Å². The average Bonchev–Trinajstić information content (AvgIpc) is 2.68. The predicted octanol–water partition coefficient (Wildman–Crippen LogP) is 4.45. The van der Waals surface area contributed by atoms with Crippen LogP contribution in [0.4, 0.5) is 5.69 Å². The molecule has 0 bridgehead atoms.